The molecule has 0 fully saturated rings. The number of nitrogens with zero attached hydrogens (tertiary/aromatic N) is 1. The van der Waals surface area contributed by atoms with Crippen LogP contribution in [0.25, 0.3) is 0 Å². The van der Waals surface area contributed by atoms with Crippen LogP contribution in [0.4, 0.5) is 0 Å². The second-order valence-corrected chi connectivity index (χ2v) is 24.1. The number of rotatable bonds is 59. The van der Waals surface area contributed by atoms with Crippen LogP contribution in [0, 0.1) is 0 Å². The number of carbonyl (C=O) groups is 2. The van der Waals surface area contributed by atoms with Crippen molar-refractivity contribution in [3.63, 3.8) is 0 Å². The highest BCUT2D eigenvalue weighted by Gasteiger charge is 2.22. The number of hydrogen-bond donors (Lipinski definition) is 0. The van der Waals surface area contributed by atoms with Gasteiger partial charge in [-0.25, -0.2) is 0 Å². The standard InChI is InChI=1S/C72H122NO8P/c1-6-8-10-12-14-16-18-20-22-24-25-26-27-28-29-30-31-32-33-34-35-36-37-38-39-40-41-42-43-44-45-46-47-49-51-53-55-57-59-61-63-65-72(75)81-70(69-80-82(76,77)79-67-66-73(3,4)5)68-78-71(74)64-62-60-58-56-54-52-50-48-23-21-19-17-15-13-11-9-7-2/h8-11,14-17,20-23,25-26,28-29,31-32,34-35,37-38,70H,6-7,12-13,18-19,24,27,30,33,36,39-69H2,1-5H3/b10-8-,11-9-,16-14-,17-15-,22-20-,23-21-,26-25-,29-28-,32-31-,35-34-,38-37-. The third kappa shape index (κ3) is 65.3. The number of phosphoric acid groups is 1. The summed E-state index contributed by atoms with van der Waals surface area (Å²) in [4.78, 5) is 37.9. The summed E-state index contributed by atoms with van der Waals surface area (Å²) in [6.07, 6.45) is 89.5. The molecule has 0 aromatic heterocycles. The van der Waals surface area contributed by atoms with E-state index in [0.717, 1.165) is 116 Å². The summed E-state index contributed by atoms with van der Waals surface area (Å²) in [7, 11) is 1.15. The lowest BCUT2D eigenvalue weighted by molar-refractivity contribution is -0.870. The Balaban J connectivity index is 4.01. The van der Waals surface area contributed by atoms with Crippen LogP contribution in [0.5, 0.6) is 0 Å². The molecule has 10 heteroatoms. The lowest BCUT2D eigenvalue weighted by Crippen LogP contribution is -2.37. The molecule has 468 valence electrons. The lowest BCUT2D eigenvalue weighted by Gasteiger charge is -2.28. The molecule has 0 N–H and O–H groups in total. The van der Waals surface area contributed by atoms with Gasteiger partial charge in [-0.2, -0.15) is 0 Å². The van der Waals surface area contributed by atoms with E-state index in [9.17, 15) is 19.0 Å². The number of carbonyl (C=O) groups excluding carboxylic acids is 2. The minimum Gasteiger partial charge on any atom is -0.756 e. The molecule has 0 radical (unpaired) electrons. The molecule has 2 unspecified atom stereocenters. The Morgan fingerprint density at radius 2 is 0.659 bits per heavy atom. The molecule has 2 atom stereocenters. The molecule has 0 aromatic rings. The predicted octanol–water partition coefficient (Wildman–Crippen LogP) is 20.6. The highest BCUT2D eigenvalue weighted by Crippen LogP contribution is 2.38. The van der Waals surface area contributed by atoms with Crippen molar-refractivity contribution in [2.45, 2.75) is 264 Å². The number of likely N-dealkylation sites (N-methyl/N-ethyl adjacent to an activating group) is 1. The number of unbranched alkanes of at least 4 members (excludes halogenated alkanes) is 23. The zero-order valence-electron chi connectivity index (χ0n) is 53.1. The molecule has 0 saturated heterocycles. The molecule has 0 amide bonds. The minimum atomic E-state index is -4.65. The van der Waals surface area contributed by atoms with Crippen molar-refractivity contribution in [2.24, 2.45) is 0 Å². The Morgan fingerprint density at radius 1 is 0.378 bits per heavy atom. The largest absolute Gasteiger partial charge is 0.756 e. The molecule has 0 rings (SSSR count). The van der Waals surface area contributed by atoms with Gasteiger partial charge in [0.1, 0.15) is 19.8 Å². The SMILES string of the molecule is CC/C=C\C/C=C\C/C=C\C/C=C\C/C=C\C/C=C\C/C=C\C/C=C\CCCCCCCCCCCCCCCCCCC(=O)OC(COC(=O)CCCCCCCCC/C=C\C/C=C\C/C=C\CC)COP(=O)([O-])OCC[N+](C)(C)C. The Morgan fingerprint density at radius 3 is 0.976 bits per heavy atom. The van der Waals surface area contributed by atoms with Crippen LogP contribution < -0.4 is 4.89 Å². The smallest absolute Gasteiger partial charge is 0.306 e. The predicted molar refractivity (Wildman–Crippen MR) is 351 cm³/mol. The van der Waals surface area contributed by atoms with E-state index < -0.39 is 32.5 Å². The molecule has 0 bridgehead atoms. The third-order valence-corrected chi connectivity index (χ3v) is 14.6. The maximum Gasteiger partial charge on any atom is 0.306 e. The van der Waals surface area contributed by atoms with E-state index in [-0.39, 0.29) is 26.1 Å². The van der Waals surface area contributed by atoms with E-state index in [4.69, 9.17) is 18.5 Å². The fourth-order valence-corrected chi connectivity index (χ4v) is 9.42. The molecule has 0 aromatic carbocycles. The zero-order valence-corrected chi connectivity index (χ0v) is 54.0. The summed E-state index contributed by atoms with van der Waals surface area (Å²) in [6.45, 7) is 4.00. The summed E-state index contributed by atoms with van der Waals surface area (Å²) in [5.74, 6) is -0.846. The molecule has 9 nitrogen and oxygen atoms in total. The Bertz CT molecular complexity index is 1850. The lowest BCUT2D eigenvalue weighted by atomic mass is 10.0. The number of quaternary nitrogens is 1. The van der Waals surface area contributed by atoms with Gasteiger partial charge in [-0.3, -0.25) is 14.2 Å². The van der Waals surface area contributed by atoms with Crippen LogP contribution in [-0.4, -0.2) is 70.0 Å². The van der Waals surface area contributed by atoms with E-state index in [2.05, 4.69) is 148 Å². The second-order valence-electron chi connectivity index (χ2n) is 22.7. The molecular formula is C72H122NO8P. The summed E-state index contributed by atoms with van der Waals surface area (Å²) in [5.41, 5.74) is 0. The Labute approximate surface area is 504 Å². The van der Waals surface area contributed by atoms with E-state index in [1.54, 1.807) is 0 Å². The number of hydrogen-bond acceptors (Lipinski definition) is 8. The van der Waals surface area contributed by atoms with Crippen molar-refractivity contribution in [1.29, 1.82) is 0 Å². The molecular weight excluding hydrogens is 1040 g/mol. The number of esters is 2. The summed E-state index contributed by atoms with van der Waals surface area (Å²) in [5, 5.41) is 0. The van der Waals surface area contributed by atoms with Crippen molar-refractivity contribution >= 4 is 19.8 Å². The average Bonchev–Trinajstić information content (AvgIpc) is 3.45. The second kappa shape index (κ2) is 61.7. The van der Waals surface area contributed by atoms with Crippen LogP contribution in [0.2, 0.25) is 0 Å². The topological polar surface area (TPSA) is 111 Å². The molecule has 0 aliphatic heterocycles. The van der Waals surface area contributed by atoms with Gasteiger partial charge >= 0.3 is 11.9 Å². The van der Waals surface area contributed by atoms with Crippen molar-refractivity contribution < 1.29 is 42.1 Å². The third-order valence-electron chi connectivity index (χ3n) is 13.7. The fraction of sp³-hybridized carbons (Fsp3) is 0.667. The van der Waals surface area contributed by atoms with Crippen LogP contribution in [0.15, 0.2) is 134 Å². The van der Waals surface area contributed by atoms with E-state index >= 15 is 0 Å². The van der Waals surface area contributed by atoms with E-state index in [1.165, 1.54) is 103 Å². The number of ether oxygens (including phenoxy) is 2. The maximum atomic E-state index is 12.8. The first-order chi connectivity index (χ1) is 40.0. The van der Waals surface area contributed by atoms with Gasteiger partial charge in [0, 0.05) is 12.8 Å². The number of phosphoric ester groups is 1. The van der Waals surface area contributed by atoms with Crippen LogP contribution in [-0.2, 0) is 32.7 Å². The Kier molecular flexibility index (Phi) is 58.8. The van der Waals surface area contributed by atoms with Gasteiger partial charge in [0.05, 0.1) is 27.7 Å². The first-order valence-electron chi connectivity index (χ1n) is 32.9. The van der Waals surface area contributed by atoms with Crippen LogP contribution in [0.1, 0.15) is 258 Å². The quantitative estimate of drug-likeness (QED) is 0.0195. The van der Waals surface area contributed by atoms with Gasteiger partial charge in [0.15, 0.2) is 6.10 Å². The van der Waals surface area contributed by atoms with Crippen molar-refractivity contribution in [1.82, 2.24) is 0 Å². The van der Waals surface area contributed by atoms with E-state index in [1.807, 2.05) is 21.1 Å². The average molecular weight is 1160 g/mol. The highest BCUT2D eigenvalue weighted by atomic mass is 31.2. The van der Waals surface area contributed by atoms with Gasteiger partial charge in [0.2, 0.25) is 0 Å². The van der Waals surface area contributed by atoms with Gasteiger partial charge in [-0.05, 0) is 109 Å². The van der Waals surface area contributed by atoms with Crippen molar-refractivity contribution in [2.75, 3.05) is 47.5 Å². The summed E-state index contributed by atoms with van der Waals surface area (Å²) < 4.78 is 34.2. The monoisotopic (exact) mass is 1160 g/mol. The number of allylic oxidation sites excluding steroid dienone is 22. The highest BCUT2D eigenvalue weighted by molar-refractivity contribution is 7.45. The van der Waals surface area contributed by atoms with Gasteiger partial charge in [0.25, 0.3) is 7.82 Å². The molecule has 0 spiro atoms. The fourth-order valence-electron chi connectivity index (χ4n) is 8.69. The molecule has 82 heavy (non-hydrogen) atoms. The normalized spacial score (nSPS) is 14.1. The maximum absolute atomic E-state index is 12.8. The first kappa shape index (κ1) is 78.1. The van der Waals surface area contributed by atoms with Gasteiger partial charge < -0.3 is 27.9 Å². The Hall–Kier alpha value is -3.85. The van der Waals surface area contributed by atoms with Crippen molar-refractivity contribution in [3.8, 4) is 0 Å². The van der Waals surface area contributed by atoms with Crippen LogP contribution >= 0.6 is 7.82 Å². The van der Waals surface area contributed by atoms with Gasteiger partial charge in [-0.15, -0.1) is 0 Å². The van der Waals surface area contributed by atoms with E-state index in [0.29, 0.717) is 23.9 Å². The van der Waals surface area contributed by atoms with Gasteiger partial charge in [-0.1, -0.05) is 270 Å². The van der Waals surface area contributed by atoms with Crippen molar-refractivity contribution in [3.05, 3.63) is 134 Å². The minimum absolute atomic E-state index is 0.0372. The molecule has 0 aliphatic carbocycles. The molecule has 0 aliphatic rings. The summed E-state index contributed by atoms with van der Waals surface area (Å²) in [6, 6.07) is 0. The zero-order chi connectivity index (χ0) is 59.8. The molecule has 0 saturated carbocycles. The van der Waals surface area contributed by atoms with Crippen LogP contribution in [0.3, 0.4) is 0 Å². The first-order valence-corrected chi connectivity index (χ1v) is 34.4. The molecule has 0 heterocycles. The summed E-state index contributed by atoms with van der Waals surface area (Å²) >= 11 is 0.